The van der Waals surface area contributed by atoms with E-state index in [-0.39, 0.29) is 29.1 Å². The highest BCUT2D eigenvalue weighted by Crippen LogP contribution is 2.37. The third kappa shape index (κ3) is 7.01. The van der Waals surface area contributed by atoms with E-state index in [1.54, 1.807) is 19.1 Å². The zero-order chi connectivity index (χ0) is 21.4. The number of amides is 1. The van der Waals surface area contributed by atoms with Gasteiger partial charge in [0, 0.05) is 10.5 Å². The van der Waals surface area contributed by atoms with Crippen LogP contribution in [0.4, 0.5) is 13.2 Å². The molecule has 0 aromatic heterocycles. The number of benzene rings is 2. The van der Waals surface area contributed by atoms with Gasteiger partial charge in [-0.05, 0) is 48.9 Å². The van der Waals surface area contributed by atoms with Gasteiger partial charge in [0.1, 0.15) is 12.4 Å². The lowest BCUT2D eigenvalue weighted by Gasteiger charge is -2.14. The van der Waals surface area contributed by atoms with Crippen molar-refractivity contribution in [2.75, 3.05) is 19.8 Å². The molecule has 0 fully saturated rings. The van der Waals surface area contributed by atoms with Gasteiger partial charge in [-0.2, -0.15) is 13.2 Å². The molecule has 2 rings (SSSR count). The molecule has 0 aliphatic carbocycles. The number of hydrogen-bond donors (Lipinski definition) is 2. The summed E-state index contributed by atoms with van der Waals surface area (Å²) < 4.78 is 49.8. The van der Waals surface area contributed by atoms with Crippen molar-refractivity contribution in [1.29, 1.82) is 0 Å². The zero-order valence-corrected chi connectivity index (χ0v) is 17.0. The fourth-order valence-corrected chi connectivity index (χ4v) is 2.68. The fraction of sp³-hybridized carbons (Fsp3) is 0.250. The summed E-state index contributed by atoms with van der Waals surface area (Å²) in [4.78, 5) is 11.9. The van der Waals surface area contributed by atoms with Crippen molar-refractivity contribution in [3.05, 3.63) is 58.1 Å². The van der Waals surface area contributed by atoms with Crippen molar-refractivity contribution in [2.45, 2.75) is 13.1 Å². The lowest BCUT2D eigenvalue weighted by molar-refractivity contribution is -0.139. The minimum Gasteiger partial charge on any atom is -0.504 e. The van der Waals surface area contributed by atoms with E-state index in [0.29, 0.717) is 17.9 Å². The minimum absolute atomic E-state index is 0.00299. The Morgan fingerprint density at radius 3 is 2.62 bits per heavy atom. The molecular weight excluding hydrogens is 455 g/mol. The number of carbonyl (C=O) groups excluding carboxylic acids is 1. The van der Waals surface area contributed by atoms with Gasteiger partial charge in [0.15, 0.2) is 11.5 Å². The van der Waals surface area contributed by atoms with E-state index in [4.69, 9.17) is 9.47 Å². The molecule has 0 bridgehead atoms. The van der Waals surface area contributed by atoms with E-state index >= 15 is 0 Å². The summed E-state index contributed by atoms with van der Waals surface area (Å²) in [5, 5.41) is 12.2. The average molecular weight is 474 g/mol. The number of halogens is 4. The first kappa shape index (κ1) is 22.6. The maximum Gasteiger partial charge on any atom is 0.420 e. The van der Waals surface area contributed by atoms with E-state index in [2.05, 4.69) is 21.2 Å². The molecule has 0 aliphatic rings. The SMILES string of the molecule is CCOc1cc(/C=C/C(=O)NCCOc2ccc(Br)cc2C(F)(F)F)ccc1O. The van der Waals surface area contributed by atoms with Gasteiger partial charge in [0.2, 0.25) is 5.91 Å². The van der Waals surface area contributed by atoms with E-state index in [0.717, 1.165) is 6.07 Å². The second kappa shape index (κ2) is 10.2. The average Bonchev–Trinajstić information content (AvgIpc) is 2.66. The van der Waals surface area contributed by atoms with Gasteiger partial charge in [-0.3, -0.25) is 4.79 Å². The Bertz CT molecular complexity index is 885. The van der Waals surface area contributed by atoms with Gasteiger partial charge in [0.25, 0.3) is 0 Å². The Labute approximate surface area is 174 Å². The molecule has 0 saturated heterocycles. The van der Waals surface area contributed by atoms with Crippen LogP contribution in [-0.4, -0.2) is 30.8 Å². The van der Waals surface area contributed by atoms with E-state index in [9.17, 15) is 23.1 Å². The van der Waals surface area contributed by atoms with Crippen LogP contribution in [0, 0.1) is 0 Å². The molecule has 9 heteroatoms. The molecule has 0 unspecified atom stereocenters. The molecule has 5 nitrogen and oxygen atoms in total. The first-order chi connectivity index (χ1) is 13.7. The van der Waals surface area contributed by atoms with Crippen molar-refractivity contribution in [1.82, 2.24) is 5.32 Å². The van der Waals surface area contributed by atoms with Crippen molar-refractivity contribution >= 4 is 27.9 Å². The van der Waals surface area contributed by atoms with E-state index in [1.165, 1.54) is 30.4 Å². The van der Waals surface area contributed by atoms with Gasteiger partial charge in [-0.25, -0.2) is 0 Å². The maximum atomic E-state index is 13.0. The van der Waals surface area contributed by atoms with Crippen LogP contribution in [-0.2, 0) is 11.0 Å². The molecule has 0 saturated carbocycles. The molecule has 2 aromatic rings. The van der Waals surface area contributed by atoms with E-state index in [1.807, 2.05) is 0 Å². The molecule has 156 valence electrons. The third-order valence-electron chi connectivity index (χ3n) is 3.62. The minimum atomic E-state index is -4.55. The number of aromatic hydroxyl groups is 1. The molecule has 2 aromatic carbocycles. The maximum absolute atomic E-state index is 13.0. The highest BCUT2D eigenvalue weighted by atomic mass is 79.9. The largest absolute Gasteiger partial charge is 0.504 e. The van der Waals surface area contributed by atoms with Gasteiger partial charge in [-0.15, -0.1) is 0 Å². The number of phenols is 1. The topological polar surface area (TPSA) is 67.8 Å². The second-order valence-corrected chi connectivity index (χ2v) is 6.69. The van der Waals surface area contributed by atoms with Crippen molar-refractivity contribution in [3.8, 4) is 17.2 Å². The highest BCUT2D eigenvalue weighted by Gasteiger charge is 2.34. The zero-order valence-electron chi connectivity index (χ0n) is 15.4. The molecule has 0 atom stereocenters. The van der Waals surface area contributed by atoms with Crippen LogP contribution < -0.4 is 14.8 Å². The number of carbonyl (C=O) groups is 1. The summed E-state index contributed by atoms with van der Waals surface area (Å²) >= 11 is 3.00. The number of nitrogens with one attached hydrogen (secondary N) is 1. The normalized spacial score (nSPS) is 11.5. The standard InChI is InChI=1S/C20H19BrF3NO4/c1-2-28-18-11-13(3-6-16(18)26)4-8-19(27)25-9-10-29-17-7-5-14(21)12-15(17)20(22,23)24/h3-8,11-12,26H,2,9-10H2,1H3,(H,25,27)/b8-4+. The fourth-order valence-electron chi connectivity index (χ4n) is 2.32. The predicted octanol–water partition coefficient (Wildman–Crippen LogP) is 4.78. The Morgan fingerprint density at radius 1 is 1.17 bits per heavy atom. The molecule has 0 spiro atoms. The van der Waals surface area contributed by atoms with E-state index < -0.39 is 17.6 Å². The molecule has 0 heterocycles. The van der Waals surface area contributed by atoms with Crippen LogP contribution >= 0.6 is 15.9 Å². The van der Waals surface area contributed by atoms with Crippen LogP contribution in [0.25, 0.3) is 6.08 Å². The molecule has 29 heavy (non-hydrogen) atoms. The number of hydrogen-bond acceptors (Lipinski definition) is 4. The van der Waals surface area contributed by atoms with Crippen LogP contribution in [0.2, 0.25) is 0 Å². The predicted molar refractivity (Wildman–Crippen MR) is 106 cm³/mol. The Morgan fingerprint density at radius 2 is 1.93 bits per heavy atom. The molecule has 0 radical (unpaired) electrons. The van der Waals surface area contributed by atoms with Gasteiger partial charge >= 0.3 is 6.18 Å². The third-order valence-corrected chi connectivity index (χ3v) is 4.11. The van der Waals surface area contributed by atoms with Crippen molar-refractivity contribution in [2.24, 2.45) is 0 Å². The monoisotopic (exact) mass is 473 g/mol. The van der Waals surface area contributed by atoms with Crippen LogP contribution in [0.3, 0.4) is 0 Å². The smallest absolute Gasteiger partial charge is 0.420 e. The van der Waals surface area contributed by atoms with Crippen LogP contribution in [0.15, 0.2) is 46.9 Å². The van der Waals surface area contributed by atoms with Crippen molar-refractivity contribution in [3.63, 3.8) is 0 Å². The Hall–Kier alpha value is -2.68. The highest BCUT2D eigenvalue weighted by molar-refractivity contribution is 9.10. The second-order valence-electron chi connectivity index (χ2n) is 5.77. The van der Waals surface area contributed by atoms with Gasteiger partial charge < -0.3 is 19.9 Å². The summed E-state index contributed by atoms with van der Waals surface area (Å²) in [5.41, 5.74) is -0.252. The lowest BCUT2D eigenvalue weighted by atomic mass is 10.2. The Kier molecular flexibility index (Phi) is 7.95. The van der Waals surface area contributed by atoms with Crippen LogP contribution in [0.1, 0.15) is 18.1 Å². The summed E-state index contributed by atoms with van der Waals surface area (Å²) in [6, 6.07) is 8.24. The first-order valence-corrected chi connectivity index (χ1v) is 9.41. The summed E-state index contributed by atoms with van der Waals surface area (Å²) in [6.45, 7) is 2.06. The van der Waals surface area contributed by atoms with Gasteiger partial charge in [-0.1, -0.05) is 22.0 Å². The molecular formula is C20H19BrF3NO4. The number of ether oxygens (including phenoxy) is 2. The number of phenolic OH excluding ortho intramolecular Hbond substituents is 1. The molecule has 0 aliphatic heterocycles. The molecule has 1 amide bonds. The summed E-state index contributed by atoms with van der Waals surface area (Å²) in [5.74, 6) is -0.445. The number of alkyl halides is 3. The van der Waals surface area contributed by atoms with Gasteiger partial charge in [0.05, 0.1) is 18.7 Å². The van der Waals surface area contributed by atoms with Crippen molar-refractivity contribution < 1.29 is 32.5 Å². The summed E-state index contributed by atoms with van der Waals surface area (Å²) in [7, 11) is 0. The van der Waals surface area contributed by atoms with Crippen LogP contribution in [0.5, 0.6) is 17.2 Å². The molecule has 2 N–H and O–H groups in total. The quantitative estimate of drug-likeness (QED) is 0.427. The number of rotatable bonds is 8. The first-order valence-electron chi connectivity index (χ1n) is 8.62. The lowest BCUT2D eigenvalue weighted by Crippen LogP contribution is -2.26. The Balaban J connectivity index is 1.87. The summed E-state index contributed by atoms with van der Waals surface area (Å²) in [6.07, 6.45) is -1.76.